The molecule has 0 unspecified atom stereocenters. The quantitative estimate of drug-likeness (QED) is 0.362. The molecule has 0 aliphatic carbocycles. The minimum atomic E-state index is -0.371. The van der Waals surface area contributed by atoms with Crippen LogP contribution in [0.2, 0.25) is 0 Å². The lowest BCUT2D eigenvalue weighted by Crippen LogP contribution is -2.41. The average Bonchev–Trinajstić information content (AvgIpc) is 2.88. The van der Waals surface area contributed by atoms with Gasteiger partial charge in [0.05, 0.1) is 16.7 Å². The molecule has 3 nitrogen and oxygen atoms in total. The summed E-state index contributed by atoms with van der Waals surface area (Å²) in [7, 11) is -0.371. The zero-order chi connectivity index (χ0) is 18.8. The van der Waals surface area contributed by atoms with Crippen LogP contribution in [0.3, 0.4) is 0 Å². The highest BCUT2D eigenvalue weighted by Gasteiger charge is 2.51. The molecule has 1 aliphatic heterocycles. The van der Waals surface area contributed by atoms with Crippen LogP contribution in [0.1, 0.15) is 27.7 Å². The first kappa shape index (κ1) is 16.7. The minimum Gasteiger partial charge on any atom is -0.399 e. The molecule has 4 aromatic rings. The first-order chi connectivity index (χ1) is 12.9. The zero-order valence-electron chi connectivity index (χ0n) is 16.1. The van der Waals surface area contributed by atoms with E-state index in [1.165, 1.54) is 16.2 Å². The van der Waals surface area contributed by atoms with Crippen LogP contribution in [0.5, 0.6) is 0 Å². The molecule has 4 heteroatoms. The van der Waals surface area contributed by atoms with Crippen LogP contribution in [0.4, 0.5) is 0 Å². The molecular weight excluding hydrogens is 333 g/mol. The van der Waals surface area contributed by atoms with Crippen LogP contribution < -0.4 is 5.46 Å². The maximum atomic E-state index is 6.21. The van der Waals surface area contributed by atoms with Crippen LogP contribution in [-0.2, 0) is 9.31 Å². The van der Waals surface area contributed by atoms with Gasteiger partial charge < -0.3 is 9.31 Å². The number of aromatic nitrogens is 1. The molecule has 0 saturated carbocycles. The Kier molecular flexibility index (Phi) is 3.43. The zero-order valence-corrected chi connectivity index (χ0v) is 16.1. The Bertz CT molecular complexity index is 1180. The van der Waals surface area contributed by atoms with Crippen LogP contribution in [-0.4, -0.2) is 23.3 Å². The number of hydrogen-bond acceptors (Lipinski definition) is 3. The molecule has 134 valence electrons. The Balaban J connectivity index is 1.69. The summed E-state index contributed by atoms with van der Waals surface area (Å²) in [5.74, 6) is 0. The van der Waals surface area contributed by atoms with Crippen LogP contribution in [0.15, 0.2) is 60.8 Å². The summed E-state index contributed by atoms with van der Waals surface area (Å²) < 4.78 is 12.4. The molecule has 0 bridgehead atoms. The van der Waals surface area contributed by atoms with Gasteiger partial charge in [-0.3, -0.25) is 4.98 Å². The van der Waals surface area contributed by atoms with Crippen molar-refractivity contribution in [3.8, 4) is 0 Å². The third-order valence-electron chi connectivity index (χ3n) is 6.12. The fraction of sp³-hybridized carbons (Fsp3) is 0.261. The van der Waals surface area contributed by atoms with Crippen LogP contribution >= 0.6 is 0 Å². The second kappa shape index (κ2) is 5.54. The molecule has 0 atom stereocenters. The van der Waals surface area contributed by atoms with Crippen molar-refractivity contribution in [2.45, 2.75) is 38.9 Å². The third-order valence-corrected chi connectivity index (χ3v) is 6.12. The standard InChI is InChI=1S/C23H22BNO2/c1-22(2)23(3,4)27-24(26-22)17-11-12-19-20(13-17)25-14-16-10-9-15-7-5-6-8-18(15)21(16)19/h5-14H,1-4H3. The van der Waals surface area contributed by atoms with Crippen molar-refractivity contribution in [2.24, 2.45) is 0 Å². The van der Waals surface area contributed by atoms with Crippen molar-refractivity contribution in [1.82, 2.24) is 4.98 Å². The molecule has 1 aromatic heterocycles. The SMILES string of the molecule is CC1(C)OB(c2ccc3c(c2)ncc2ccc4ccccc4c23)OC1(C)C. The average molecular weight is 355 g/mol. The van der Waals surface area contributed by atoms with Crippen molar-refractivity contribution in [1.29, 1.82) is 0 Å². The first-order valence-corrected chi connectivity index (χ1v) is 9.41. The molecule has 0 amide bonds. The number of benzene rings is 3. The van der Waals surface area contributed by atoms with E-state index in [4.69, 9.17) is 14.3 Å². The Labute approximate surface area is 159 Å². The monoisotopic (exact) mass is 355 g/mol. The number of fused-ring (bicyclic) bond motifs is 5. The van der Waals surface area contributed by atoms with Crippen molar-refractivity contribution < 1.29 is 9.31 Å². The summed E-state index contributed by atoms with van der Waals surface area (Å²) >= 11 is 0. The molecule has 0 radical (unpaired) electrons. The number of nitrogens with zero attached hydrogens (tertiary/aromatic N) is 1. The molecule has 2 heterocycles. The second-order valence-electron chi connectivity index (χ2n) is 8.37. The van der Waals surface area contributed by atoms with E-state index < -0.39 is 0 Å². The maximum absolute atomic E-state index is 6.21. The van der Waals surface area contributed by atoms with Gasteiger partial charge in [-0.2, -0.15) is 0 Å². The van der Waals surface area contributed by atoms with E-state index in [9.17, 15) is 0 Å². The van der Waals surface area contributed by atoms with Crippen molar-refractivity contribution in [2.75, 3.05) is 0 Å². The van der Waals surface area contributed by atoms with Gasteiger partial charge in [-0.25, -0.2) is 0 Å². The van der Waals surface area contributed by atoms with Gasteiger partial charge >= 0.3 is 7.12 Å². The Morgan fingerprint density at radius 2 is 1.48 bits per heavy atom. The highest BCUT2D eigenvalue weighted by atomic mass is 16.7. The fourth-order valence-electron chi connectivity index (χ4n) is 3.83. The van der Waals surface area contributed by atoms with E-state index in [-0.39, 0.29) is 18.3 Å². The smallest absolute Gasteiger partial charge is 0.399 e. The summed E-state index contributed by atoms with van der Waals surface area (Å²) in [6.07, 6.45) is 1.96. The fourth-order valence-corrected chi connectivity index (χ4v) is 3.83. The molecule has 0 N–H and O–H groups in total. The highest BCUT2D eigenvalue weighted by molar-refractivity contribution is 6.62. The Morgan fingerprint density at radius 3 is 2.26 bits per heavy atom. The second-order valence-corrected chi connectivity index (χ2v) is 8.37. The Morgan fingerprint density at radius 1 is 0.778 bits per heavy atom. The molecule has 5 rings (SSSR count). The predicted molar refractivity (Wildman–Crippen MR) is 112 cm³/mol. The molecule has 3 aromatic carbocycles. The van der Waals surface area contributed by atoms with Gasteiger partial charge in [-0.15, -0.1) is 0 Å². The van der Waals surface area contributed by atoms with Crippen LogP contribution in [0.25, 0.3) is 32.4 Å². The number of pyridine rings is 1. The third kappa shape index (κ3) is 2.48. The summed E-state index contributed by atoms with van der Waals surface area (Å²) in [6.45, 7) is 8.30. The Hall–Kier alpha value is -2.43. The maximum Gasteiger partial charge on any atom is 0.494 e. The lowest BCUT2D eigenvalue weighted by atomic mass is 9.78. The van der Waals surface area contributed by atoms with Crippen LogP contribution in [0, 0.1) is 0 Å². The molecule has 1 saturated heterocycles. The molecule has 1 aliphatic rings. The number of hydrogen-bond donors (Lipinski definition) is 0. The molecular formula is C23H22BNO2. The van der Waals surface area contributed by atoms with Gasteiger partial charge in [-0.1, -0.05) is 48.5 Å². The summed E-state index contributed by atoms with van der Waals surface area (Å²) in [6, 6.07) is 19.2. The van der Waals surface area contributed by atoms with E-state index in [0.717, 1.165) is 21.8 Å². The topological polar surface area (TPSA) is 31.4 Å². The van der Waals surface area contributed by atoms with Gasteiger partial charge in [0.1, 0.15) is 0 Å². The van der Waals surface area contributed by atoms with Gasteiger partial charge in [0, 0.05) is 22.4 Å². The highest BCUT2D eigenvalue weighted by Crippen LogP contribution is 2.37. The van der Waals surface area contributed by atoms with E-state index in [0.29, 0.717) is 0 Å². The van der Waals surface area contributed by atoms with Gasteiger partial charge in [0.25, 0.3) is 0 Å². The lowest BCUT2D eigenvalue weighted by Gasteiger charge is -2.32. The van der Waals surface area contributed by atoms with E-state index in [2.05, 4.69) is 82.3 Å². The van der Waals surface area contributed by atoms with E-state index in [1.54, 1.807) is 0 Å². The minimum absolute atomic E-state index is 0.348. The van der Waals surface area contributed by atoms with Gasteiger partial charge in [-0.05, 0) is 50.0 Å². The summed E-state index contributed by atoms with van der Waals surface area (Å²) in [5.41, 5.74) is 1.28. The van der Waals surface area contributed by atoms with Crippen molar-refractivity contribution in [3.05, 3.63) is 60.8 Å². The number of rotatable bonds is 1. The van der Waals surface area contributed by atoms with Crippen molar-refractivity contribution in [3.63, 3.8) is 0 Å². The first-order valence-electron chi connectivity index (χ1n) is 9.41. The lowest BCUT2D eigenvalue weighted by molar-refractivity contribution is 0.00578. The van der Waals surface area contributed by atoms with Crippen molar-refractivity contribution >= 4 is 45.0 Å². The van der Waals surface area contributed by atoms with E-state index >= 15 is 0 Å². The molecule has 1 fully saturated rings. The summed E-state index contributed by atoms with van der Waals surface area (Å²) in [5, 5.41) is 6.06. The van der Waals surface area contributed by atoms with E-state index in [1.807, 2.05) is 6.20 Å². The van der Waals surface area contributed by atoms with Gasteiger partial charge in [0.15, 0.2) is 0 Å². The normalized spacial score (nSPS) is 18.6. The molecule has 0 spiro atoms. The summed E-state index contributed by atoms with van der Waals surface area (Å²) in [4.78, 5) is 4.71. The van der Waals surface area contributed by atoms with Gasteiger partial charge in [0.2, 0.25) is 0 Å². The largest absolute Gasteiger partial charge is 0.494 e. The molecule has 27 heavy (non-hydrogen) atoms. The predicted octanol–water partition coefficient (Wildman–Crippen LogP) is 4.84.